The third-order valence-corrected chi connectivity index (χ3v) is 5.51. The van der Waals surface area contributed by atoms with Crippen LogP contribution in [-0.4, -0.2) is 30.8 Å². The van der Waals surface area contributed by atoms with Gasteiger partial charge in [-0.2, -0.15) is 5.10 Å². The summed E-state index contributed by atoms with van der Waals surface area (Å²) in [6.07, 6.45) is 1.51. The van der Waals surface area contributed by atoms with Gasteiger partial charge in [0.05, 0.1) is 24.4 Å². The van der Waals surface area contributed by atoms with E-state index in [9.17, 15) is 13.2 Å². The lowest BCUT2D eigenvalue weighted by Gasteiger charge is -2.08. The highest BCUT2D eigenvalue weighted by Gasteiger charge is 2.21. The van der Waals surface area contributed by atoms with Gasteiger partial charge >= 0.3 is 5.97 Å². The van der Waals surface area contributed by atoms with Crippen LogP contribution in [0.5, 0.6) is 0 Å². The number of hydrogen-bond acceptors (Lipinski definition) is 5. The molecular formula is C20H21N3O4S. The maximum Gasteiger partial charge on any atom is 0.338 e. The van der Waals surface area contributed by atoms with E-state index in [1.54, 1.807) is 18.5 Å². The van der Waals surface area contributed by atoms with Crippen molar-refractivity contribution in [2.45, 2.75) is 25.3 Å². The molecule has 1 N–H and O–H groups in total. The summed E-state index contributed by atoms with van der Waals surface area (Å²) in [7, 11) is -3.81. The molecule has 8 heteroatoms. The van der Waals surface area contributed by atoms with Crippen LogP contribution >= 0.6 is 0 Å². The summed E-state index contributed by atoms with van der Waals surface area (Å²) in [5.41, 5.74) is 2.14. The molecule has 1 aromatic heterocycles. The van der Waals surface area contributed by atoms with E-state index in [2.05, 4.69) is 9.82 Å². The van der Waals surface area contributed by atoms with Crippen molar-refractivity contribution in [3.8, 4) is 0 Å². The van der Waals surface area contributed by atoms with Crippen molar-refractivity contribution in [1.82, 2.24) is 9.78 Å². The van der Waals surface area contributed by atoms with Gasteiger partial charge in [-0.3, -0.25) is 9.40 Å². The van der Waals surface area contributed by atoms with Gasteiger partial charge in [0.1, 0.15) is 4.90 Å². The van der Waals surface area contributed by atoms with E-state index < -0.39 is 16.0 Å². The maximum atomic E-state index is 12.8. The fourth-order valence-corrected chi connectivity index (χ4v) is 3.96. The number of rotatable bonds is 7. The SMILES string of the molecule is CCOC(=O)c1ccc(NS(=O)(=O)c2cn(Cc3ccccc3)nc2C)cc1. The van der Waals surface area contributed by atoms with Crippen LogP contribution in [0.1, 0.15) is 28.5 Å². The molecule has 3 aromatic rings. The number of carbonyl (C=O) groups excluding carboxylic acids is 1. The van der Waals surface area contributed by atoms with Crippen LogP contribution in [0, 0.1) is 6.92 Å². The Balaban J connectivity index is 1.77. The van der Waals surface area contributed by atoms with E-state index >= 15 is 0 Å². The largest absolute Gasteiger partial charge is 0.462 e. The average molecular weight is 399 g/mol. The normalized spacial score (nSPS) is 11.2. The highest BCUT2D eigenvalue weighted by molar-refractivity contribution is 7.92. The lowest BCUT2D eigenvalue weighted by Crippen LogP contribution is -2.13. The van der Waals surface area contributed by atoms with E-state index in [0.29, 0.717) is 23.5 Å². The molecule has 0 aliphatic rings. The summed E-state index contributed by atoms with van der Waals surface area (Å²) in [4.78, 5) is 11.8. The fourth-order valence-electron chi connectivity index (χ4n) is 2.71. The van der Waals surface area contributed by atoms with E-state index in [-0.39, 0.29) is 11.5 Å². The molecular weight excluding hydrogens is 378 g/mol. The Kier molecular flexibility index (Phi) is 5.79. The Morgan fingerprint density at radius 1 is 1.11 bits per heavy atom. The van der Waals surface area contributed by atoms with Gasteiger partial charge in [0, 0.05) is 11.9 Å². The topological polar surface area (TPSA) is 90.3 Å². The van der Waals surface area contributed by atoms with Crippen LogP contribution in [-0.2, 0) is 21.3 Å². The Hall–Kier alpha value is -3.13. The molecule has 3 rings (SSSR count). The molecule has 0 unspecified atom stereocenters. The predicted molar refractivity (Wildman–Crippen MR) is 106 cm³/mol. The first kappa shape index (κ1) is 19.6. The van der Waals surface area contributed by atoms with Crippen LogP contribution in [0.4, 0.5) is 5.69 Å². The van der Waals surface area contributed by atoms with Gasteiger partial charge in [-0.1, -0.05) is 30.3 Å². The molecule has 0 aliphatic carbocycles. The molecule has 0 saturated carbocycles. The van der Waals surface area contributed by atoms with E-state index in [4.69, 9.17) is 4.74 Å². The molecule has 0 atom stereocenters. The van der Waals surface area contributed by atoms with E-state index in [1.165, 1.54) is 30.5 Å². The second-order valence-electron chi connectivity index (χ2n) is 6.17. The van der Waals surface area contributed by atoms with Gasteiger partial charge < -0.3 is 4.74 Å². The highest BCUT2D eigenvalue weighted by Crippen LogP contribution is 2.20. The maximum absolute atomic E-state index is 12.8. The number of aryl methyl sites for hydroxylation is 1. The van der Waals surface area contributed by atoms with Gasteiger partial charge in [0.2, 0.25) is 0 Å². The molecule has 146 valence electrons. The molecule has 28 heavy (non-hydrogen) atoms. The second kappa shape index (κ2) is 8.26. The molecule has 0 radical (unpaired) electrons. The van der Waals surface area contributed by atoms with Crippen molar-refractivity contribution in [1.29, 1.82) is 0 Å². The standard InChI is InChI=1S/C20H21N3O4S/c1-3-27-20(24)17-9-11-18(12-10-17)22-28(25,26)19-14-23(21-15(19)2)13-16-7-5-4-6-8-16/h4-12,14,22H,3,13H2,1-2H3. The molecule has 1 heterocycles. The van der Waals surface area contributed by atoms with Gasteiger partial charge in [-0.15, -0.1) is 0 Å². The molecule has 0 bridgehead atoms. The summed E-state index contributed by atoms with van der Waals surface area (Å²) < 4.78 is 34.5. The minimum absolute atomic E-state index is 0.109. The summed E-state index contributed by atoms with van der Waals surface area (Å²) in [6.45, 7) is 4.13. The van der Waals surface area contributed by atoms with Crippen LogP contribution in [0.3, 0.4) is 0 Å². The quantitative estimate of drug-likeness (QED) is 0.616. The number of nitrogens with zero attached hydrogens (tertiary/aromatic N) is 2. The zero-order chi connectivity index (χ0) is 20.1. The van der Waals surface area contributed by atoms with Crippen LogP contribution < -0.4 is 4.72 Å². The lowest BCUT2D eigenvalue weighted by molar-refractivity contribution is 0.0526. The third kappa shape index (κ3) is 4.58. The van der Waals surface area contributed by atoms with Crippen molar-refractivity contribution in [2.75, 3.05) is 11.3 Å². The van der Waals surface area contributed by atoms with Crippen LogP contribution in [0.15, 0.2) is 65.7 Å². The molecule has 0 aliphatic heterocycles. The van der Waals surface area contributed by atoms with Gasteiger partial charge in [-0.25, -0.2) is 13.2 Å². The Labute approximate surface area is 164 Å². The summed E-state index contributed by atoms with van der Waals surface area (Å²) >= 11 is 0. The van der Waals surface area contributed by atoms with Gasteiger partial charge in [-0.05, 0) is 43.7 Å². The van der Waals surface area contributed by atoms with Crippen LogP contribution in [0.2, 0.25) is 0 Å². The Bertz CT molecular complexity index is 1060. The fraction of sp³-hybridized carbons (Fsp3) is 0.200. The number of anilines is 1. The van der Waals surface area contributed by atoms with Crippen LogP contribution in [0.25, 0.3) is 0 Å². The number of nitrogens with one attached hydrogen (secondary N) is 1. The smallest absolute Gasteiger partial charge is 0.338 e. The minimum atomic E-state index is -3.81. The van der Waals surface area contributed by atoms with Crippen molar-refractivity contribution in [3.63, 3.8) is 0 Å². The number of ether oxygens (including phenoxy) is 1. The van der Waals surface area contributed by atoms with Crippen molar-refractivity contribution in [3.05, 3.63) is 77.6 Å². The molecule has 7 nitrogen and oxygen atoms in total. The highest BCUT2D eigenvalue weighted by atomic mass is 32.2. The average Bonchev–Trinajstić information content (AvgIpc) is 3.04. The number of sulfonamides is 1. The third-order valence-electron chi connectivity index (χ3n) is 4.03. The monoisotopic (exact) mass is 399 g/mol. The number of hydrogen-bond donors (Lipinski definition) is 1. The second-order valence-corrected chi connectivity index (χ2v) is 7.82. The molecule has 0 saturated heterocycles. The number of benzene rings is 2. The zero-order valence-electron chi connectivity index (χ0n) is 15.6. The first-order valence-electron chi connectivity index (χ1n) is 8.77. The van der Waals surface area contributed by atoms with Gasteiger partial charge in [0.15, 0.2) is 0 Å². The molecule has 2 aromatic carbocycles. The van der Waals surface area contributed by atoms with Crippen molar-refractivity contribution in [2.24, 2.45) is 0 Å². The number of aromatic nitrogens is 2. The zero-order valence-corrected chi connectivity index (χ0v) is 16.4. The number of carbonyl (C=O) groups is 1. The first-order chi connectivity index (χ1) is 13.4. The van der Waals surface area contributed by atoms with Crippen molar-refractivity contribution >= 4 is 21.7 Å². The molecule has 0 spiro atoms. The lowest BCUT2D eigenvalue weighted by atomic mass is 10.2. The van der Waals surface area contributed by atoms with Gasteiger partial charge in [0.25, 0.3) is 10.0 Å². The summed E-state index contributed by atoms with van der Waals surface area (Å²) in [5, 5.41) is 4.31. The predicted octanol–water partition coefficient (Wildman–Crippen LogP) is 3.22. The minimum Gasteiger partial charge on any atom is -0.462 e. The Morgan fingerprint density at radius 2 is 1.79 bits per heavy atom. The first-order valence-corrected chi connectivity index (χ1v) is 10.3. The number of esters is 1. The van der Waals surface area contributed by atoms with Crippen molar-refractivity contribution < 1.29 is 17.9 Å². The molecule has 0 amide bonds. The van der Waals surface area contributed by atoms with E-state index in [1.807, 2.05) is 30.3 Å². The summed E-state index contributed by atoms with van der Waals surface area (Å²) in [6, 6.07) is 15.7. The Morgan fingerprint density at radius 3 is 2.43 bits per heavy atom. The molecule has 0 fully saturated rings. The summed E-state index contributed by atoms with van der Waals surface area (Å²) in [5.74, 6) is -0.449. The van der Waals surface area contributed by atoms with E-state index in [0.717, 1.165) is 5.56 Å².